The second-order valence-electron chi connectivity index (χ2n) is 3.49. The van der Waals surface area contributed by atoms with Crippen LogP contribution in [-0.2, 0) is 4.79 Å². The van der Waals surface area contributed by atoms with Crippen LogP contribution in [0.1, 0.15) is 21.5 Å². The highest BCUT2D eigenvalue weighted by Gasteiger charge is 2.12. The summed E-state index contributed by atoms with van der Waals surface area (Å²) in [6.07, 6.45) is 0. The predicted molar refractivity (Wildman–Crippen MR) is 68.6 cm³/mol. The summed E-state index contributed by atoms with van der Waals surface area (Å²) in [5, 5.41) is 10.8. The number of aryl methyl sites for hydroxylation is 2. The number of nitrogens with one attached hydrogen (secondary N) is 1. The van der Waals surface area contributed by atoms with Crippen molar-refractivity contribution in [2.75, 3.05) is 6.54 Å². The first-order valence-electron chi connectivity index (χ1n) is 4.68. The average molecular weight is 333 g/mol. The zero-order valence-corrected chi connectivity index (χ0v) is 11.2. The number of rotatable bonds is 3. The predicted octanol–water partition coefficient (Wildman–Crippen LogP) is 1.72. The summed E-state index contributed by atoms with van der Waals surface area (Å²) in [7, 11) is 0. The number of hydrogen-bond acceptors (Lipinski definition) is 2. The maximum absolute atomic E-state index is 11.7. The molecule has 0 saturated carbocycles. The fourth-order valence-electron chi connectivity index (χ4n) is 1.21. The van der Waals surface area contributed by atoms with Gasteiger partial charge in [0.1, 0.15) is 6.54 Å². The van der Waals surface area contributed by atoms with Crippen LogP contribution in [-0.4, -0.2) is 23.5 Å². The second-order valence-corrected chi connectivity index (χ2v) is 4.65. The standard InChI is InChI=1S/C11H12INO3/c1-6-3-8(9(12)4-7(6)2)11(16)13-5-10(14)15/h3-4H,5H2,1-2H3,(H,13,16)(H,14,15). The molecule has 0 aromatic heterocycles. The second kappa shape index (κ2) is 5.29. The Morgan fingerprint density at radius 1 is 1.31 bits per heavy atom. The number of halogens is 1. The molecular formula is C11H12INO3. The quantitative estimate of drug-likeness (QED) is 0.828. The van der Waals surface area contributed by atoms with Crippen molar-refractivity contribution in [3.63, 3.8) is 0 Å². The highest BCUT2D eigenvalue weighted by Crippen LogP contribution is 2.17. The molecule has 86 valence electrons. The Morgan fingerprint density at radius 3 is 2.44 bits per heavy atom. The van der Waals surface area contributed by atoms with Crippen molar-refractivity contribution >= 4 is 34.5 Å². The smallest absolute Gasteiger partial charge is 0.322 e. The first kappa shape index (κ1) is 13.0. The third-order valence-corrected chi connectivity index (χ3v) is 3.12. The van der Waals surface area contributed by atoms with Crippen LogP contribution in [0.4, 0.5) is 0 Å². The lowest BCUT2D eigenvalue weighted by Gasteiger charge is -2.08. The number of amides is 1. The molecule has 1 aromatic carbocycles. The van der Waals surface area contributed by atoms with Gasteiger partial charge < -0.3 is 10.4 Å². The lowest BCUT2D eigenvalue weighted by molar-refractivity contribution is -0.135. The minimum atomic E-state index is -1.05. The van der Waals surface area contributed by atoms with Crippen molar-refractivity contribution < 1.29 is 14.7 Å². The SMILES string of the molecule is Cc1cc(I)c(C(=O)NCC(=O)O)cc1C. The first-order valence-corrected chi connectivity index (χ1v) is 5.76. The molecule has 4 nitrogen and oxygen atoms in total. The van der Waals surface area contributed by atoms with Crippen molar-refractivity contribution in [3.8, 4) is 0 Å². The molecule has 1 aromatic rings. The van der Waals surface area contributed by atoms with Crippen LogP contribution < -0.4 is 5.32 Å². The maximum atomic E-state index is 11.7. The third-order valence-electron chi connectivity index (χ3n) is 2.23. The molecule has 0 unspecified atom stereocenters. The van der Waals surface area contributed by atoms with Gasteiger partial charge in [0.05, 0.1) is 5.56 Å². The van der Waals surface area contributed by atoms with E-state index in [2.05, 4.69) is 27.9 Å². The van der Waals surface area contributed by atoms with Crippen LogP contribution in [0.3, 0.4) is 0 Å². The molecule has 0 aliphatic heterocycles. The van der Waals surface area contributed by atoms with Gasteiger partial charge in [0.25, 0.3) is 5.91 Å². The van der Waals surface area contributed by atoms with Crippen molar-refractivity contribution in [2.24, 2.45) is 0 Å². The fourth-order valence-corrected chi connectivity index (χ4v) is 2.07. The van der Waals surface area contributed by atoms with E-state index in [9.17, 15) is 9.59 Å². The third kappa shape index (κ3) is 3.19. The summed E-state index contributed by atoms with van der Waals surface area (Å²) >= 11 is 2.07. The zero-order valence-electron chi connectivity index (χ0n) is 9.00. The van der Waals surface area contributed by atoms with E-state index in [0.717, 1.165) is 14.7 Å². The van der Waals surface area contributed by atoms with E-state index < -0.39 is 5.97 Å². The highest BCUT2D eigenvalue weighted by molar-refractivity contribution is 14.1. The Bertz CT molecular complexity index is 443. The van der Waals surface area contributed by atoms with E-state index in [1.165, 1.54) is 0 Å². The summed E-state index contributed by atoms with van der Waals surface area (Å²) in [4.78, 5) is 22.0. The summed E-state index contributed by atoms with van der Waals surface area (Å²) in [5.74, 6) is -1.40. The zero-order chi connectivity index (χ0) is 12.3. The van der Waals surface area contributed by atoms with E-state index >= 15 is 0 Å². The van der Waals surface area contributed by atoms with Gasteiger partial charge in [0.2, 0.25) is 0 Å². The number of benzene rings is 1. The molecule has 0 atom stereocenters. The van der Waals surface area contributed by atoms with E-state index in [1.807, 2.05) is 19.9 Å². The number of aliphatic carboxylic acids is 1. The minimum absolute atomic E-state index is 0.352. The van der Waals surface area contributed by atoms with Crippen molar-refractivity contribution in [2.45, 2.75) is 13.8 Å². The molecule has 0 heterocycles. The van der Waals surface area contributed by atoms with E-state index in [1.54, 1.807) is 6.07 Å². The summed E-state index contributed by atoms with van der Waals surface area (Å²) in [6.45, 7) is 3.53. The van der Waals surface area contributed by atoms with E-state index in [4.69, 9.17) is 5.11 Å². The molecule has 0 aliphatic rings. The molecule has 5 heteroatoms. The van der Waals surface area contributed by atoms with Crippen LogP contribution in [0.2, 0.25) is 0 Å². The molecular weight excluding hydrogens is 321 g/mol. The molecule has 0 fully saturated rings. The summed E-state index contributed by atoms with van der Waals surface area (Å²) in [5.41, 5.74) is 2.64. The van der Waals surface area contributed by atoms with Gasteiger partial charge in [-0.1, -0.05) is 0 Å². The number of hydrogen-bond donors (Lipinski definition) is 2. The molecule has 0 radical (unpaired) electrons. The number of carboxylic acid groups (broad SMARTS) is 1. The van der Waals surface area contributed by atoms with E-state index in [0.29, 0.717) is 5.56 Å². The highest BCUT2D eigenvalue weighted by atomic mass is 127. The molecule has 0 spiro atoms. The van der Waals surface area contributed by atoms with Crippen molar-refractivity contribution in [1.29, 1.82) is 0 Å². The Balaban J connectivity index is 2.91. The Hall–Kier alpha value is -1.11. The van der Waals surface area contributed by atoms with Crippen LogP contribution >= 0.6 is 22.6 Å². The van der Waals surface area contributed by atoms with Crippen LogP contribution in [0.15, 0.2) is 12.1 Å². The largest absolute Gasteiger partial charge is 0.480 e. The summed E-state index contributed by atoms with van der Waals surface area (Å²) < 4.78 is 0.823. The average Bonchev–Trinajstić information content (AvgIpc) is 2.20. The maximum Gasteiger partial charge on any atom is 0.322 e. The molecule has 1 amide bonds. The number of carbonyl (C=O) groups is 2. The van der Waals surface area contributed by atoms with Gasteiger partial charge in [-0.05, 0) is 59.7 Å². The minimum Gasteiger partial charge on any atom is -0.480 e. The Kier molecular flexibility index (Phi) is 4.28. The summed E-state index contributed by atoms with van der Waals surface area (Å²) in [6, 6.07) is 3.68. The molecule has 16 heavy (non-hydrogen) atoms. The van der Waals surface area contributed by atoms with Gasteiger partial charge in [-0.25, -0.2) is 0 Å². The molecule has 0 aliphatic carbocycles. The normalized spacial score (nSPS) is 9.94. The lowest BCUT2D eigenvalue weighted by Crippen LogP contribution is -2.29. The Morgan fingerprint density at radius 2 is 1.88 bits per heavy atom. The monoisotopic (exact) mass is 333 g/mol. The Labute approximate surface area is 107 Å². The molecule has 0 saturated heterocycles. The molecule has 1 rings (SSSR count). The van der Waals surface area contributed by atoms with Gasteiger partial charge in [-0.15, -0.1) is 0 Å². The molecule has 2 N–H and O–H groups in total. The van der Waals surface area contributed by atoms with Gasteiger partial charge in [-0.2, -0.15) is 0 Å². The number of carbonyl (C=O) groups excluding carboxylic acids is 1. The lowest BCUT2D eigenvalue weighted by atomic mass is 10.1. The van der Waals surface area contributed by atoms with Crippen LogP contribution in [0.25, 0.3) is 0 Å². The topological polar surface area (TPSA) is 66.4 Å². The van der Waals surface area contributed by atoms with Crippen molar-refractivity contribution in [3.05, 3.63) is 32.4 Å². The fraction of sp³-hybridized carbons (Fsp3) is 0.273. The van der Waals surface area contributed by atoms with Gasteiger partial charge in [-0.3, -0.25) is 9.59 Å². The first-order chi connectivity index (χ1) is 7.41. The van der Waals surface area contributed by atoms with Gasteiger partial charge in [0, 0.05) is 3.57 Å². The van der Waals surface area contributed by atoms with Crippen LogP contribution in [0.5, 0.6) is 0 Å². The van der Waals surface area contributed by atoms with Gasteiger partial charge >= 0.3 is 5.97 Å². The molecule has 0 bridgehead atoms. The van der Waals surface area contributed by atoms with Gasteiger partial charge in [0.15, 0.2) is 0 Å². The van der Waals surface area contributed by atoms with Crippen molar-refractivity contribution in [1.82, 2.24) is 5.32 Å². The van der Waals surface area contributed by atoms with E-state index in [-0.39, 0.29) is 12.5 Å². The number of carboxylic acids is 1. The van der Waals surface area contributed by atoms with Crippen LogP contribution in [0, 0.1) is 17.4 Å².